The maximum absolute atomic E-state index is 5.74. The lowest BCUT2D eigenvalue weighted by Crippen LogP contribution is -2.44. The van der Waals surface area contributed by atoms with Crippen molar-refractivity contribution in [3.05, 3.63) is 0 Å². The van der Waals surface area contributed by atoms with Crippen molar-refractivity contribution in [2.75, 3.05) is 32.8 Å². The van der Waals surface area contributed by atoms with Gasteiger partial charge in [-0.05, 0) is 38.3 Å². The monoisotopic (exact) mass is 248 g/mol. The lowest BCUT2D eigenvalue weighted by molar-refractivity contribution is -0.0325. The van der Waals surface area contributed by atoms with Gasteiger partial charge in [0.25, 0.3) is 0 Å². The molecule has 4 heteroatoms. The summed E-state index contributed by atoms with van der Waals surface area (Å²) in [6.07, 6.45) is 5.65. The van der Waals surface area contributed by atoms with Crippen LogP contribution < -0.4 is 5.32 Å². The Balaban J connectivity index is 0.00000128. The van der Waals surface area contributed by atoms with Gasteiger partial charge in [0.15, 0.2) is 0 Å². The summed E-state index contributed by atoms with van der Waals surface area (Å²) >= 11 is 0. The third-order valence-electron chi connectivity index (χ3n) is 3.43. The van der Waals surface area contributed by atoms with Crippen molar-refractivity contribution in [2.24, 2.45) is 5.92 Å². The quantitative estimate of drug-likeness (QED) is 0.825. The van der Waals surface area contributed by atoms with Gasteiger partial charge in [0, 0.05) is 13.1 Å². The highest BCUT2D eigenvalue weighted by Crippen LogP contribution is 2.12. The fourth-order valence-electron chi connectivity index (χ4n) is 2.40. The molecule has 1 N–H and O–H groups in total. The fourth-order valence-corrected chi connectivity index (χ4v) is 2.40. The van der Waals surface area contributed by atoms with Crippen LogP contribution >= 0.6 is 12.4 Å². The Hall–Kier alpha value is 0.170. The molecule has 0 spiro atoms. The van der Waals surface area contributed by atoms with Crippen LogP contribution in [0.2, 0.25) is 0 Å². The Morgan fingerprint density at radius 3 is 2.62 bits per heavy atom. The summed E-state index contributed by atoms with van der Waals surface area (Å²) < 4.78 is 5.74. The Kier molecular flexibility index (Phi) is 6.66. The van der Waals surface area contributed by atoms with Gasteiger partial charge >= 0.3 is 0 Å². The largest absolute Gasteiger partial charge is 0.363 e. The second-order valence-corrected chi connectivity index (χ2v) is 5.03. The number of nitrogens with zero attached hydrogens (tertiary/aromatic N) is 1. The van der Waals surface area contributed by atoms with E-state index in [9.17, 15) is 0 Å². The van der Waals surface area contributed by atoms with E-state index in [-0.39, 0.29) is 12.4 Å². The SMILES string of the molecule is CC1CNC(CCN2CCCCC2)OC1.Cl. The number of nitrogens with one attached hydrogen (secondary N) is 1. The lowest BCUT2D eigenvalue weighted by atomic mass is 10.1. The van der Waals surface area contributed by atoms with Crippen LogP contribution in [-0.2, 0) is 4.74 Å². The van der Waals surface area contributed by atoms with Crippen LogP contribution in [0.5, 0.6) is 0 Å². The van der Waals surface area contributed by atoms with Crippen LogP contribution in [0.1, 0.15) is 32.6 Å². The van der Waals surface area contributed by atoms with Crippen molar-refractivity contribution in [3.8, 4) is 0 Å². The summed E-state index contributed by atoms with van der Waals surface area (Å²) in [6, 6.07) is 0. The third-order valence-corrected chi connectivity index (χ3v) is 3.43. The molecule has 2 heterocycles. The Morgan fingerprint density at radius 2 is 2.00 bits per heavy atom. The molecular weight excluding hydrogens is 224 g/mol. The topological polar surface area (TPSA) is 24.5 Å². The molecule has 2 aliphatic heterocycles. The maximum atomic E-state index is 5.74. The maximum Gasteiger partial charge on any atom is 0.109 e. The van der Waals surface area contributed by atoms with Crippen molar-refractivity contribution in [1.82, 2.24) is 10.2 Å². The van der Waals surface area contributed by atoms with Gasteiger partial charge in [0.1, 0.15) is 6.23 Å². The first-order chi connectivity index (χ1) is 7.34. The second kappa shape index (κ2) is 7.49. The third kappa shape index (κ3) is 4.58. The first-order valence-electron chi connectivity index (χ1n) is 6.42. The summed E-state index contributed by atoms with van der Waals surface area (Å²) in [7, 11) is 0. The average Bonchev–Trinajstić information content (AvgIpc) is 2.30. The van der Waals surface area contributed by atoms with Gasteiger partial charge < -0.3 is 9.64 Å². The van der Waals surface area contributed by atoms with Crippen LogP contribution in [0.25, 0.3) is 0 Å². The summed E-state index contributed by atoms with van der Waals surface area (Å²) in [6.45, 7) is 8.06. The molecule has 2 atom stereocenters. The molecule has 3 nitrogen and oxygen atoms in total. The van der Waals surface area contributed by atoms with E-state index in [4.69, 9.17) is 4.74 Å². The first kappa shape index (κ1) is 14.2. The molecule has 2 rings (SSSR count). The van der Waals surface area contributed by atoms with Gasteiger partial charge in [-0.3, -0.25) is 5.32 Å². The Bertz CT molecular complexity index is 178. The van der Waals surface area contributed by atoms with Crippen LogP contribution in [0, 0.1) is 5.92 Å². The molecule has 96 valence electrons. The van der Waals surface area contributed by atoms with Gasteiger partial charge in [-0.2, -0.15) is 0 Å². The molecule has 0 aromatic rings. The van der Waals surface area contributed by atoms with E-state index in [1.165, 1.54) is 38.9 Å². The molecule has 2 unspecified atom stereocenters. The van der Waals surface area contributed by atoms with Crippen molar-refractivity contribution >= 4 is 12.4 Å². The van der Waals surface area contributed by atoms with E-state index in [1.807, 2.05) is 0 Å². The van der Waals surface area contributed by atoms with E-state index in [0.29, 0.717) is 12.1 Å². The zero-order chi connectivity index (χ0) is 10.5. The first-order valence-corrected chi connectivity index (χ1v) is 6.42. The number of hydrogen-bond donors (Lipinski definition) is 1. The highest BCUT2D eigenvalue weighted by atomic mass is 35.5. The minimum Gasteiger partial charge on any atom is -0.363 e. The number of halogens is 1. The van der Waals surface area contributed by atoms with Gasteiger partial charge in [-0.25, -0.2) is 0 Å². The molecule has 2 aliphatic rings. The summed E-state index contributed by atoms with van der Waals surface area (Å²) in [5.41, 5.74) is 0. The zero-order valence-corrected chi connectivity index (χ0v) is 11.1. The second-order valence-electron chi connectivity index (χ2n) is 5.03. The van der Waals surface area contributed by atoms with Crippen molar-refractivity contribution in [2.45, 2.75) is 38.8 Å². The van der Waals surface area contributed by atoms with Gasteiger partial charge in [-0.1, -0.05) is 13.3 Å². The normalized spacial score (nSPS) is 32.1. The molecular formula is C12H25ClN2O. The van der Waals surface area contributed by atoms with E-state index in [0.717, 1.165) is 19.6 Å². The highest BCUT2D eigenvalue weighted by molar-refractivity contribution is 5.85. The number of ether oxygens (including phenoxy) is 1. The smallest absolute Gasteiger partial charge is 0.109 e. The molecule has 0 aliphatic carbocycles. The van der Waals surface area contributed by atoms with E-state index in [2.05, 4.69) is 17.1 Å². The van der Waals surface area contributed by atoms with E-state index < -0.39 is 0 Å². The molecule has 16 heavy (non-hydrogen) atoms. The van der Waals surface area contributed by atoms with Crippen LogP contribution in [0.4, 0.5) is 0 Å². The van der Waals surface area contributed by atoms with Gasteiger partial charge in [0.05, 0.1) is 6.61 Å². The lowest BCUT2D eigenvalue weighted by Gasteiger charge is -2.31. The Morgan fingerprint density at radius 1 is 1.25 bits per heavy atom. The summed E-state index contributed by atoms with van der Waals surface area (Å²) in [4.78, 5) is 2.58. The average molecular weight is 249 g/mol. The van der Waals surface area contributed by atoms with Crippen LogP contribution in [0.3, 0.4) is 0 Å². The molecule has 0 radical (unpaired) electrons. The molecule has 0 bridgehead atoms. The number of hydrogen-bond acceptors (Lipinski definition) is 3. The molecule has 2 fully saturated rings. The fraction of sp³-hybridized carbons (Fsp3) is 1.00. The Labute approximate surface area is 105 Å². The molecule has 0 saturated carbocycles. The molecule has 2 saturated heterocycles. The minimum absolute atomic E-state index is 0. The van der Waals surface area contributed by atoms with Crippen molar-refractivity contribution in [1.29, 1.82) is 0 Å². The predicted molar refractivity (Wildman–Crippen MR) is 69.1 cm³/mol. The van der Waals surface area contributed by atoms with Crippen LogP contribution in [0.15, 0.2) is 0 Å². The highest BCUT2D eigenvalue weighted by Gasteiger charge is 2.19. The molecule has 0 amide bonds. The summed E-state index contributed by atoms with van der Waals surface area (Å²) in [5, 5.41) is 3.46. The van der Waals surface area contributed by atoms with E-state index in [1.54, 1.807) is 0 Å². The van der Waals surface area contributed by atoms with Crippen molar-refractivity contribution < 1.29 is 4.74 Å². The standard InChI is InChI=1S/C12H24N2O.ClH/c1-11-9-13-12(15-10-11)5-8-14-6-3-2-4-7-14;/h11-13H,2-10H2,1H3;1H. The minimum atomic E-state index is 0. The number of piperidine rings is 1. The number of likely N-dealkylation sites (tertiary alicyclic amines) is 1. The van der Waals surface area contributed by atoms with Crippen molar-refractivity contribution in [3.63, 3.8) is 0 Å². The van der Waals surface area contributed by atoms with Crippen LogP contribution in [-0.4, -0.2) is 43.9 Å². The van der Waals surface area contributed by atoms with Gasteiger partial charge in [-0.15, -0.1) is 12.4 Å². The van der Waals surface area contributed by atoms with E-state index >= 15 is 0 Å². The number of rotatable bonds is 3. The predicted octanol–water partition coefficient (Wildman–Crippen LogP) is 1.87. The summed E-state index contributed by atoms with van der Waals surface area (Å²) in [5.74, 6) is 0.677. The van der Waals surface area contributed by atoms with Gasteiger partial charge in [0.2, 0.25) is 0 Å². The molecule has 0 aromatic heterocycles. The molecule has 0 aromatic carbocycles. The zero-order valence-electron chi connectivity index (χ0n) is 10.3.